The van der Waals surface area contributed by atoms with E-state index in [1.807, 2.05) is 44.1 Å². The van der Waals surface area contributed by atoms with Crippen LogP contribution in [0.5, 0.6) is 0 Å². The van der Waals surface area contributed by atoms with E-state index in [-0.39, 0.29) is 22.6 Å². The summed E-state index contributed by atoms with van der Waals surface area (Å²) >= 11 is 0. The van der Waals surface area contributed by atoms with Crippen LogP contribution in [0.25, 0.3) is 0 Å². The number of carbonyl (C=O) groups is 2. The lowest BCUT2D eigenvalue weighted by Crippen LogP contribution is -2.40. The molecule has 0 amide bonds. The van der Waals surface area contributed by atoms with Crippen molar-refractivity contribution in [2.75, 3.05) is 65.0 Å². The highest BCUT2D eigenvalue weighted by molar-refractivity contribution is 6.30. The van der Waals surface area contributed by atoms with Crippen LogP contribution in [-0.4, -0.2) is 75.7 Å². The first-order chi connectivity index (χ1) is 13.8. The molecule has 2 aromatic rings. The lowest BCUT2D eigenvalue weighted by Gasteiger charge is -2.23. The summed E-state index contributed by atoms with van der Waals surface area (Å²) in [5.74, 6) is -0.753. The third kappa shape index (κ3) is 4.23. The summed E-state index contributed by atoms with van der Waals surface area (Å²) in [6.07, 6.45) is 1.24. The summed E-state index contributed by atoms with van der Waals surface area (Å²) in [5, 5.41) is 18.8. The van der Waals surface area contributed by atoms with Crippen molar-refractivity contribution in [1.29, 1.82) is 0 Å². The fraction of sp³-hybridized carbons (Fsp3) is 0.381. The van der Waals surface area contributed by atoms with E-state index in [9.17, 15) is 14.8 Å². The molecule has 0 saturated carbocycles. The number of anilines is 2. The average Bonchev–Trinajstić information content (AvgIpc) is 2.66. The Morgan fingerprint density at radius 1 is 0.862 bits per heavy atom. The van der Waals surface area contributed by atoms with Gasteiger partial charge in [0.15, 0.2) is 6.20 Å². The molecule has 0 aliphatic heterocycles. The Hall–Kier alpha value is -2.97. The van der Waals surface area contributed by atoms with E-state index in [0.717, 1.165) is 13.1 Å². The molecule has 8 nitrogen and oxygen atoms in total. The number of likely N-dealkylation sites (N-methyl/N-ethyl adjacent to an activating group) is 2. The van der Waals surface area contributed by atoms with Gasteiger partial charge in [0.25, 0.3) is 11.5 Å². The minimum Gasteiger partial charge on any atom is -0.618 e. The second-order valence-corrected chi connectivity index (χ2v) is 7.63. The Kier molecular flexibility index (Phi) is 6.14. The van der Waals surface area contributed by atoms with Gasteiger partial charge in [-0.05, 0) is 46.4 Å². The Balaban J connectivity index is 2.06. The van der Waals surface area contributed by atoms with Gasteiger partial charge in [-0.3, -0.25) is 9.59 Å². The minimum absolute atomic E-state index is 0.119. The maximum absolute atomic E-state index is 13.3. The topological polar surface area (TPSA) is 91.6 Å². The number of hydrogen-bond acceptors (Lipinski definition) is 7. The standard InChI is InChI=1S/C21H27N5O3/c1-24(2)12-9-22-15-7-8-16(23-10-13-25(3)4)18-17(15)20(27)14-6-5-11-26(29)19(14)21(18)28/h5-8,11,22-23H,9-10,12-13H2,1-4H3. The number of pyridine rings is 1. The first kappa shape index (κ1) is 20.8. The second-order valence-electron chi connectivity index (χ2n) is 7.63. The molecular weight excluding hydrogens is 370 g/mol. The van der Waals surface area contributed by atoms with Crippen molar-refractivity contribution < 1.29 is 14.3 Å². The molecular formula is C21H27N5O3. The first-order valence-electron chi connectivity index (χ1n) is 9.57. The molecule has 0 spiro atoms. The molecule has 0 atom stereocenters. The Bertz CT molecular complexity index is 940. The van der Waals surface area contributed by atoms with Crippen LogP contribution in [-0.2, 0) is 0 Å². The summed E-state index contributed by atoms with van der Waals surface area (Å²) < 4.78 is 0.480. The molecule has 1 aliphatic rings. The molecule has 3 rings (SSSR count). The Labute approximate surface area is 170 Å². The van der Waals surface area contributed by atoms with Gasteiger partial charge in [0, 0.05) is 43.6 Å². The van der Waals surface area contributed by atoms with E-state index in [4.69, 9.17) is 0 Å². The quantitative estimate of drug-likeness (QED) is 0.433. The highest BCUT2D eigenvalue weighted by Crippen LogP contribution is 2.35. The van der Waals surface area contributed by atoms with Crippen molar-refractivity contribution in [3.63, 3.8) is 0 Å². The number of ketones is 2. The lowest BCUT2D eigenvalue weighted by atomic mass is 9.84. The molecule has 29 heavy (non-hydrogen) atoms. The third-order valence-electron chi connectivity index (χ3n) is 4.83. The third-order valence-corrected chi connectivity index (χ3v) is 4.83. The molecule has 1 aliphatic carbocycles. The van der Waals surface area contributed by atoms with E-state index in [0.29, 0.717) is 34.8 Å². The molecule has 1 aromatic carbocycles. The van der Waals surface area contributed by atoms with Gasteiger partial charge < -0.3 is 25.6 Å². The minimum atomic E-state index is -0.436. The van der Waals surface area contributed by atoms with Gasteiger partial charge in [-0.1, -0.05) is 0 Å². The van der Waals surface area contributed by atoms with Crippen molar-refractivity contribution >= 4 is 22.9 Å². The molecule has 0 radical (unpaired) electrons. The van der Waals surface area contributed by atoms with E-state index in [1.165, 1.54) is 18.3 Å². The number of nitrogens with one attached hydrogen (secondary N) is 2. The largest absolute Gasteiger partial charge is 0.618 e. The fourth-order valence-corrected chi connectivity index (χ4v) is 3.35. The highest BCUT2D eigenvalue weighted by atomic mass is 16.5. The molecule has 8 heteroatoms. The number of fused-ring (bicyclic) bond motifs is 2. The van der Waals surface area contributed by atoms with Crippen molar-refractivity contribution in [3.8, 4) is 0 Å². The summed E-state index contributed by atoms with van der Waals surface area (Å²) in [4.78, 5) is 30.6. The van der Waals surface area contributed by atoms with Crippen molar-refractivity contribution in [1.82, 2.24) is 9.80 Å². The molecule has 154 valence electrons. The molecule has 1 aromatic heterocycles. The highest BCUT2D eigenvalue weighted by Gasteiger charge is 2.39. The van der Waals surface area contributed by atoms with Crippen molar-refractivity contribution in [3.05, 3.63) is 58.1 Å². The van der Waals surface area contributed by atoms with Gasteiger partial charge in [-0.2, -0.15) is 4.73 Å². The van der Waals surface area contributed by atoms with Crippen LogP contribution >= 0.6 is 0 Å². The second kappa shape index (κ2) is 8.59. The number of nitrogens with zero attached hydrogens (tertiary/aromatic N) is 3. The lowest BCUT2D eigenvalue weighted by molar-refractivity contribution is -0.607. The van der Waals surface area contributed by atoms with Gasteiger partial charge in [0.05, 0.1) is 16.7 Å². The predicted molar refractivity (Wildman–Crippen MR) is 113 cm³/mol. The van der Waals surface area contributed by atoms with Gasteiger partial charge in [-0.15, -0.1) is 0 Å². The number of carbonyl (C=O) groups excluding carboxylic acids is 2. The summed E-state index contributed by atoms with van der Waals surface area (Å²) in [6, 6.07) is 6.63. The van der Waals surface area contributed by atoms with Crippen LogP contribution in [0.15, 0.2) is 30.5 Å². The van der Waals surface area contributed by atoms with Crippen LogP contribution in [0.2, 0.25) is 0 Å². The van der Waals surface area contributed by atoms with Crippen LogP contribution in [0, 0.1) is 5.21 Å². The van der Waals surface area contributed by atoms with E-state index < -0.39 is 5.78 Å². The van der Waals surface area contributed by atoms with Crippen LogP contribution < -0.4 is 15.4 Å². The fourth-order valence-electron chi connectivity index (χ4n) is 3.35. The normalized spacial score (nSPS) is 12.9. The molecule has 1 heterocycles. The first-order valence-corrected chi connectivity index (χ1v) is 9.57. The molecule has 0 unspecified atom stereocenters. The SMILES string of the molecule is CN(C)CCNc1ccc(NCCN(C)C)c2c1C(=O)c1ccc[n+]([O-])c1C2=O. The van der Waals surface area contributed by atoms with E-state index in [2.05, 4.69) is 10.6 Å². The molecule has 0 saturated heterocycles. The zero-order valence-corrected chi connectivity index (χ0v) is 17.3. The summed E-state index contributed by atoms with van der Waals surface area (Å²) in [6.45, 7) is 2.76. The number of rotatable bonds is 8. The van der Waals surface area contributed by atoms with Gasteiger partial charge in [0.1, 0.15) is 0 Å². The Morgan fingerprint density at radius 3 is 1.90 bits per heavy atom. The van der Waals surface area contributed by atoms with Crippen LogP contribution in [0.3, 0.4) is 0 Å². The van der Waals surface area contributed by atoms with E-state index in [1.54, 1.807) is 6.07 Å². The number of benzene rings is 1. The van der Waals surface area contributed by atoms with Crippen molar-refractivity contribution in [2.24, 2.45) is 0 Å². The summed E-state index contributed by atoms with van der Waals surface area (Å²) in [7, 11) is 7.85. The predicted octanol–water partition coefficient (Wildman–Crippen LogP) is 1.04. The number of hydrogen-bond donors (Lipinski definition) is 2. The van der Waals surface area contributed by atoms with Crippen LogP contribution in [0.4, 0.5) is 11.4 Å². The monoisotopic (exact) mass is 397 g/mol. The number of aromatic nitrogens is 1. The summed E-state index contributed by atoms with van der Waals surface area (Å²) in [5.41, 5.74) is 1.76. The smallest absolute Gasteiger partial charge is 0.276 e. The van der Waals surface area contributed by atoms with Gasteiger partial charge in [0.2, 0.25) is 5.78 Å². The molecule has 2 N–H and O–H groups in total. The van der Waals surface area contributed by atoms with Gasteiger partial charge in [-0.25, -0.2) is 0 Å². The zero-order valence-electron chi connectivity index (χ0n) is 17.3. The van der Waals surface area contributed by atoms with Gasteiger partial charge >= 0.3 is 0 Å². The maximum Gasteiger partial charge on any atom is 0.276 e. The van der Waals surface area contributed by atoms with E-state index >= 15 is 0 Å². The van der Waals surface area contributed by atoms with Crippen LogP contribution in [0.1, 0.15) is 32.0 Å². The molecule has 0 fully saturated rings. The average molecular weight is 397 g/mol. The van der Waals surface area contributed by atoms with Crippen molar-refractivity contribution in [2.45, 2.75) is 0 Å². The Morgan fingerprint density at radius 2 is 1.38 bits per heavy atom. The maximum atomic E-state index is 13.3. The zero-order chi connectivity index (χ0) is 21.1. The molecule has 0 bridgehead atoms.